The van der Waals surface area contributed by atoms with E-state index in [1.165, 1.54) is 11.3 Å². The van der Waals surface area contributed by atoms with Gasteiger partial charge in [0.1, 0.15) is 0 Å². The molecule has 0 saturated carbocycles. The summed E-state index contributed by atoms with van der Waals surface area (Å²) in [7, 11) is 0. The molecule has 0 bridgehead atoms. The van der Waals surface area contributed by atoms with Crippen LogP contribution in [0.4, 0.5) is 5.69 Å². The van der Waals surface area contributed by atoms with Gasteiger partial charge in [0, 0.05) is 17.8 Å². The molecule has 1 aromatic rings. The van der Waals surface area contributed by atoms with Crippen molar-refractivity contribution in [3.63, 3.8) is 0 Å². The van der Waals surface area contributed by atoms with E-state index in [1.807, 2.05) is 0 Å². The highest BCUT2D eigenvalue weighted by atomic mass is 16.5. The number of hydrogen-bond donors (Lipinski definition) is 0. The normalized spacial score (nSPS) is 26.7. The third-order valence-electron chi connectivity index (χ3n) is 3.00. The van der Waals surface area contributed by atoms with Crippen LogP contribution in [0.25, 0.3) is 0 Å². The maximum absolute atomic E-state index is 5.53. The Morgan fingerprint density at radius 2 is 1.60 bits per heavy atom. The minimum atomic E-state index is 0.469. The second-order valence-corrected chi connectivity index (χ2v) is 4.48. The number of morpholine rings is 1. The van der Waals surface area contributed by atoms with Crippen molar-refractivity contribution < 1.29 is 4.74 Å². The highest BCUT2D eigenvalue weighted by Crippen LogP contribution is 2.23. The van der Waals surface area contributed by atoms with E-state index in [-0.39, 0.29) is 0 Å². The van der Waals surface area contributed by atoms with E-state index in [0.29, 0.717) is 12.1 Å². The number of hydrogen-bond acceptors (Lipinski definition) is 2. The standard InChI is InChI=1S/C13H19NO/c1-10-4-6-13(7-5-10)14-11(2)8-15-9-12(14)3/h4-7,11-12H,8-9H2,1-3H3. The molecule has 2 unspecified atom stereocenters. The van der Waals surface area contributed by atoms with Crippen molar-refractivity contribution in [2.75, 3.05) is 18.1 Å². The highest BCUT2D eigenvalue weighted by Gasteiger charge is 2.25. The molecule has 2 rings (SSSR count). The quantitative estimate of drug-likeness (QED) is 0.698. The largest absolute Gasteiger partial charge is 0.377 e. The molecule has 1 saturated heterocycles. The molecule has 82 valence electrons. The summed E-state index contributed by atoms with van der Waals surface area (Å²) in [5, 5.41) is 0. The number of benzene rings is 1. The van der Waals surface area contributed by atoms with Crippen molar-refractivity contribution in [2.45, 2.75) is 32.9 Å². The van der Waals surface area contributed by atoms with E-state index in [4.69, 9.17) is 4.74 Å². The number of rotatable bonds is 1. The molecule has 0 amide bonds. The first-order chi connectivity index (χ1) is 7.18. The Labute approximate surface area is 91.9 Å². The molecule has 1 fully saturated rings. The second-order valence-electron chi connectivity index (χ2n) is 4.48. The van der Waals surface area contributed by atoms with E-state index >= 15 is 0 Å². The van der Waals surface area contributed by atoms with Crippen LogP contribution in [0, 0.1) is 6.92 Å². The minimum absolute atomic E-state index is 0.469. The van der Waals surface area contributed by atoms with Gasteiger partial charge in [0.15, 0.2) is 0 Å². The van der Waals surface area contributed by atoms with Crippen molar-refractivity contribution in [1.29, 1.82) is 0 Å². The smallest absolute Gasteiger partial charge is 0.0668 e. The molecule has 0 aliphatic carbocycles. The molecule has 2 nitrogen and oxygen atoms in total. The fourth-order valence-electron chi connectivity index (χ4n) is 2.23. The van der Waals surface area contributed by atoms with Gasteiger partial charge in [0.25, 0.3) is 0 Å². The Kier molecular flexibility index (Phi) is 2.96. The van der Waals surface area contributed by atoms with Gasteiger partial charge < -0.3 is 9.64 Å². The van der Waals surface area contributed by atoms with Crippen LogP contribution in [0.3, 0.4) is 0 Å². The molecule has 0 aromatic heterocycles. The number of aryl methyl sites for hydroxylation is 1. The molecule has 1 heterocycles. The van der Waals surface area contributed by atoms with Crippen molar-refractivity contribution in [1.82, 2.24) is 0 Å². The average Bonchev–Trinajstić information content (AvgIpc) is 2.20. The summed E-state index contributed by atoms with van der Waals surface area (Å²) in [5.41, 5.74) is 2.62. The summed E-state index contributed by atoms with van der Waals surface area (Å²) >= 11 is 0. The third kappa shape index (κ3) is 2.15. The maximum atomic E-state index is 5.53. The van der Waals surface area contributed by atoms with Gasteiger partial charge in [-0.1, -0.05) is 17.7 Å². The molecule has 0 spiro atoms. The van der Waals surface area contributed by atoms with Crippen LogP contribution >= 0.6 is 0 Å². The van der Waals surface area contributed by atoms with Crippen LogP contribution in [0.2, 0.25) is 0 Å². The lowest BCUT2D eigenvalue weighted by atomic mass is 10.1. The van der Waals surface area contributed by atoms with Crippen LogP contribution in [-0.4, -0.2) is 25.3 Å². The third-order valence-corrected chi connectivity index (χ3v) is 3.00. The predicted molar refractivity (Wildman–Crippen MR) is 63.4 cm³/mol. The molecule has 15 heavy (non-hydrogen) atoms. The predicted octanol–water partition coefficient (Wildman–Crippen LogP) is 2.61. The van der Waals surface area contributed by atoms with Crippen molar-refractivity contribution in [3.05, 3.63) is 29.8 Å². The Balaban J connectivity index is 2.23. The summed E-state index contributed by atoms with van der Waals surface area (Å²) in [6, 6.07) is 9.68. The summed E-state index contributed by atoms with van der Waals surface area (Å²) < 4.78 is 5.53. The molecule has 2 atom stereocenters. The lowest BCUT2D eigenvalue weighted by Crippen LogP contribution is -2.49. The van der Waals surface area contributed by atoms with Crippen molar-refractivity contribution in [2.24, 2.45) is 0 Å². The van der Waals surface area contributed by atoms with E-state index < -0.39 is 0 Å². The Morgan fingerprint density at radius 1 is 1.07 bits per heavy atom. The molecule has 2 heteroatoms. The number of anilines is 1. The fraction of sp³-hybridized carbons (Fsp3) is 0.538. The maximum Gasteiger partial charge on any atom is 0.0668 e. The van der Waals surface area contributed by atoms with Crippen LogP contribution in [0.15, 0.2) is 24.3 Å². The van der Waals surface area contributed by atoms with Gasteiger partial charge in [0.2, 0.25) is 0 Å². The van der Waals surface area contributed by atoms with Gasteiger partial charge in [-0.25, -0.2) is 0 Å². The van der Waals surface area contributed by atoms with Crippen LogP contribution in [-0.2, 0) is 4.74 Å². The molecule has 0 radical (unpaired) electrons. The summed E-state index contributed by atoms with van der Waals surface area (Å²) in [6.07, 6.45) is 0. The van der Waals surface area contributed by atoms with Gasteiger partial charge >= 0.3 is 0 Å². The van der Waals surface area contributed by atoms with Gasteiger partial charge in [-0.3, -0.25) is 0 Å². The van der Waals surface area contributed by atoms with E-state index in [9.17, 15) is 0 Å². The van der Waals surface area contributed by atoms with E-state index in [1.54, 1.807) is 0 Å². The lowest BCUT2D eigenvalue weighted by Gasteiger charge is -2.40. The SMILES string of the molecule is Cc1ccc(N2C(C)COCC2C)cc1. The molecular weight excluding hydrogens is 186 g/mol. The molecule has 1 aromatic carbocycles. The van der Waals surface area contributed by atoms with Crippen molar-refractivity contribution in [3.8, 4) is 0 Å². The first kappa shape index (κ1) is 10.5. The van der Waals surface area contributed by atoms with Gasteiger partial charge in [-0.2, -0.15) is 0 Å². The lowest BCUT2D eigenvalue weighted by molar-refractivity contribution is 0.0757. The molecular formula is C13H19NO. The van der Waals surface area contributed by atoms with Crippen LogP contribution < -0.4 is 4.90 Å². The molecule has 0 N–H and O–H groups in total. The fourth-order valence-corrected chi connectivity index (χ4v) is 2.23. The minimum Gasteiger partial charge on any atom is -0.377 e. The summed E-state index contributed by atoms with van der Waals surface area (Å²) in [5.74, 6) is 0. The summed E-state index contributed by atoms with van der Waals surface area (Å²) in [4.78, 5) is 2.45. The van der Waals surface area contributed by atoms with Gasteiger partial charge in [-0.05, 0) is 32.9 Å². The number of nitrogens with zero attached hydrogens (tertiary/aromatic N) is 1. The van der Waals surface area contributed by atoms with Crippen LogP contribution in [0.5, 0.6) is 0 Å². The Morgan fingerprint density at radius 3 is 2.13 bits per heavy atom. The zero-order valence-electron chi connectivity index (χ0n) is 9.73. The van der Waals surface area contributed by atoms with Crippen molar-refractivity contribution >= 4 is 5.69 Å². The first-order valence-electron chi connectivity index (χ1n) is 5.61. The van der Waals surface area contributed by atoms with E-state index in [0.717, 1.165) is 13.2 Å². The van der Waals surface area contributed by atoms with Gasteiger partial charge in [-0.15, -0.1) is 0 Å². The number of ether oxygens (including phenoxy) is 1. The highest BCUT2D eigenvalue weighted by molar-refractivity contribution is 5.49. The first-order valence-corrected chi connectivity index (χ1v) is 5.61. The monoisotopic (exact) mass is 205 g/mol. The topological polar surface area (TPSA) is 12.5 Å². The van der Waals surface area contributed by atoms with E-state index in [2.05, 4.69) is 49.9 Å². The zero-order valence-corrected chi connectivity index (χ0v) is 9.73. The molecule has 1 aliphatic heterocycles. The van der Waals surface area contributed by atoms with Crippen LogP contribution in [0.1, 0.15) is 19.4 Å². The Bertz CT molecular complexity index is 310. The average molecular weight is 205 g/mol. The summed E-state index contributed by atoms with van der Waals surface area (Å²) in [6.45, 7) is 8.22. The Hall–Kier alpha value is -1.02. The molecule has 1 aliphatic rings. The van der Waals surface area contributed by atoms with Gasteiger partial charge in [0.05, 0.1) is 13.2 Å². The zero-order chi connectivity index (χ0) is 10.8. The second kappa shape index (κ2) is 4.23.